The van der Waals surface area contributed by atoms with Crippen molar-refractivity contribution >= 4 is 57.1 Å². The normalized spacial score (nSPS) is 13.4. The molecule has 2 aromatic heterocycles. The largest absolute Gasteiger partial charge is 0.422 e. The molecule has 0 aliphatic carbocycles. The van der Waals surface area contributed by atoms with E-state index in [1.165, 1.54) is 11.3 Å². The Morgan fingerprint density at radius 2 is 1.65 bits per heavy atom. The number of carbonyl (C=O) groups excluding carboxylic acids is 2. The van der Waals surface area contributed by atoms with E-state index in [0.29, 0.717) is 59.2 Å². The van der Waals surface area contributed by atoms with Crippen LogP contribution in [0.4, 0.5) is 11.4 Å². The molecule has 0 unspecified atom stereocenters. The van der Waals surface area contributed by atoms with Crippen molar-refractivity contribution in [1.82, 2.24) is 4.90 Å². The van der Waals surface area contributed by atoms with Crippen LogP contribution in [0.1, 0.15) is 20.0 Å². The maximum atomic E-state index is 12.9. The minimum Gasteiger partial charge on any atom is -0.422 e. The second-order valence-electron chi connectivity index (χ2n) is 9.44. The summed E-state index contributed by atoms with van der Waals surface area (Å²) in [6, 6.07) is 25.1. The third-order valence-electron chi connectivity index (χ3n) is 6.94. The smallest absolute Gasteiger partial charge is 0.344 e. The number of para-hydroxylation sites is 1. The number of piperazine rings is 1. The van der Waals surface area contributed by atoms with Crippen molar-refractivity contribution < 1.29 is 14.0 Å². The lowest BCUT2D eigenvalue weighted by Gasteiger charge is -2.36. The highest BCUT2D eigenvalue weighted by Gasteiger charge is 2.24. The van der Waals surface area contributed by atoms with E-state index < -0.39 is 5.63 Å². The van der Waals surface area contributed by atoms with Crippen LogP contribution in [0.3, 0.4) is 0 Å². The number of nitrogens with zero attached hydrogens (tertiary/aromatic N) is 2. The average Bonchev–Trinajstić information content (AvgIpc) is 3.52. The van der Waals surface area contributed by atoms with Crippen molar-refractivity contribution in [3.05, 3.63) is 116 Å². The summed E-state index contributed by atoms with van der Waals surface area (Å²) >= 11 is 8.06. The quantitative estimate of drug-likeness (QED) is 0.248. The summed E-state index contributed by atoms with van der Waals surface area (Å²) in [5, 5.41) is 6.14. The fourth-order valence-electron chi connectivity index (χ4n) is 4.82. The fraction of sp³-hybridized carbons (Fsp3) is 0.129. The molecule has 9 heteroatoms. The van der Waals surface area contributed by atoms with Crippen LogP contribution in [0.2, 0.25) is 5.02 Å². The summed E-state index contributed by atoms with van der Waals surface area (Å²) < 4.78 is 5.43. The molecule has 6 rings (SSSR count). The zero-order valence-electron chi connectivity index (χ0n) is 21.3. The van der Waals surface area contributed by atoms with Gasteiger partial charge in [-0.05, 0) is 59.5 Å². The molecule has 1 aliphatic heterocycles. The number of hydrogen-bond donors (Lipinski definition) is 1. The van der Waals surface area contributed by atoms with Gasteiger partial charge in [0, 0.05) is 42.8 Å². The molecule has 0 atom stereocenters. The predicted molar refractivity (Wildman–Crippen MR) is 160 cm³/mol. The van der Waals surface area contributed by atoms with Gasteiger partial charge >= 0.3 is 5.63 Å². The van der Waals surface area contributed by atoms with Crippen molar-refractivity contribution in [2.45, 2.75) is 0 Å². The number of amides is 2. The minimum absolute atomic E-state index is 0.0626. The molecule has 5 aromatic rings. The Balaban J connectivity index is 1.10. The first kappa shape index (κ1) is 25.9. The molecule has 0 bridgehead atoms. The van der Waals surface area contributed by atoms with E-state index in [9.17, 15) is 14.4 Å². The van der Waals surface area contributed by atoms with Crippen molar-refractivity contribution in [3.8, 4) is 11.1 Å². The summed E-state index contributed by atoms with van der Waals surface area (Å²) in [5.74, 6) is -0.228. The number of fused-ring (bicyclic) bond motifs is 1. The van der Waals surface area contributed by atoms with Gasteiger partial charge < -0.3 is 19.5 Å². The molecule has 1 N–H and O–H groups in total. The number of rotatable bonds is 5. The summed E-state index contributed by atoms with van der Waals surface area (Å²) in [5.41, 5.74) is 3.08. The van der Waals surface area contributed by atoms with Gasteiger partial charge in [-0.2, -0.15) is 0 Å². The van der Waals surface area contributed by atoms with Gasteiger partial charge in [-0.15, -0.1) is 11.3 Å². The SMILES string of the molecule is O=C(Nc1ccc(N2CCN(C(=O)c3cccs3)CC2)c(Cl)c1)c1ccc(-c2cc3ccccc3oc2=O)cc1. The predicted octanol–water partition coefficient (Wildman–Crippen LogP) is 6.39. The van der Waals surface area contributed by atoms with Crippen LogP contribution in [0.5, 0.6) is 0 Å². The molecule has 1 aliphatic rings. The van der Waals surface area contributed by atoms with E-state index in [-0.39, 0.29) is 11.8 Å². The van der Waals surface area contributed by atoms with Crippen molar-refractivity contribution in [1.29, 1.82) is 0 Å². The highest BCUT2D eigenvalue weighted by molar-refractivity contribution is 7.12. The van der Waals surface area contributed by atoms with Crippen LogP contribution in [-0.2, 0) is 0 Å². The molecule has 200 valence electrons. The molecular formula is C31H24ClN3O4S. The molecule has 1 fully saturated rings. The second-order valence-corrected chi connectivity index (χ2v) is 10.8. The second kappa shape index (κ2) is 11.0. The monoisotopic (exact) mass is 569 g/mol. The Bertz CT molecular complexity index is 1760. The maximum absolute atomic E-state index is 12.9. The lowest BCUT2D eigenvalue weighted by molar-refractivity contribution is 0.0751. The third kappa shape index (κ3) is 5.23. The number of halogens is 1. The molecule has 40 heavy (non-hydrogen) atoms. The minimum atomic E-state index is -0.429. The summed E-state index contributed by atoms with van der Waals surface area (Å²) in [6.45, 7) is 2.57. The number of nitrogens with one attached hydrogen (secondary N) is 1. The van der Waals surface area contributed by atoms with Gasteiger partial charge in [-0.1, -0.05) is 48.0 Å². The molecule has 2 amide bonds. The van der Waals surface area contributed by atoms with E-state index >= 15 is 0 Å². The highest BCUT2D eigenvalue weighted by atomic mass is 35.5. The number of anilines is 2. The molecule has 1 saturated heterocycles. The molecular weight excluding hydrogens is 546 g/mol. The lowest BCUT2D eigenvalue weighted by Crippen LogP contribution is -2.48. The first-order valence-corrected chi connectivity index (χ1v) is 14.0. The Kier molecular flexibility index (Phi) is 7.11. The summed E-state index contributed by atoms with van der Waals surface area (Å²) in [4.78, 5) is 42.8. The number of hydrogen-bond acceptors (Lipinski definition) is 6. The fourth-order valence-corrected chi connectivity index (χ4v) is 5.81. The van der Waals surface area contributed by atoms with Crippen molar-refractivity contribution in [2.24, 2.45) is 0 Å². The van der Waals surface area contributed by atoms with Gasteiger partial charge in [-0.25, -0.2) is 4.79 Å². The van der Waals surface area contributed by atoms with Crippen molar-refractivity contribution in [2.75, 3.05) is 36.4 Å². The van der Waals surface area contributed by atoms with Crippen LogP contribution in [0.15, 0.2) is 99.5 Å². The highest BCUT2D eigenvalue weighted by Crippen LogP contribution is 2.30. The van der Waals surface area contributed by atoms with Crippen LogP contribution in [0, 0.1) is 0 Å². The molecule has 0 saturated carbocycles. The van der Waals surface area contributed by atoms with Gasteiger partial charge in [0.05, 0.1) is 21.2 Å². The zero-order chi connectivity index (χ0) is 27.6. The number of benzene rings is 3. The van der Waals surface area contributed by atoms with E-state index in [1.807, 2.05) is 52.7 Å². The number of carbonyl (C=O) groups is 2. The number of thiophene rings is 1. The van der Waals surface area contributed by atoms with E-state index in [4.69, 9.17) is 16.0 Å². The van der Waals surface area contributed by atoms with E-state index in [0.717, 1.165) is 16.0 Å². The first-order valence-electron chi connectivity index (χ1n) is 12.8. The maximum Gasteiger partial charge on any atom is 0.344 e. The van der Waals surface area contributed by atoms with Gasteiger partial charge in [0.15, 0.2) is 0 Å². The van der Waals surface area contributed by atoms with E-state index in [1.54, 1.807) is 42.5 Å². The van der Waals surface area contributed by atoms with Crippen LogP contribution < -0.4 is 15.8 Å². The Labute approximate surface area is 239 Å². The Morgan fingerprint density at radius 3 is 2.38 bits per heavy atom. The Morgan fingerprint density at radius 1 is 0.875 bits per heavy atom. The average molecular weight is 570 g/mol. The molecule has 3 aromatic carbocycles. The van der Waals surface area contributed by atoms with Gasteiger partial charge in [-0.3, -0.25) is 9.59 Å². The van der Waals surface area contributed by atoms with Gasteiger partial charge in [0.25, 0.3) is 11.8 Å². The molecule has 0 spiro atoms. The zero-order valence-corrected chi connectivity index (χ0v) is 22.9. The van der Waals surface area contributed by atoms with E-state index in [2.05, 4.69) is 10.2 Å². The van der Waals surface area contributed by atoms with Crippen LogP contribution in [0.25, 0.3) is 22.1 Å². The Hall–Kier alpha value is -4.40. The van der Waals surface area contributed by atoms with Crippen LogP contribution >= 0.6 is 22.9 Å². The van der Waals surface area contributed by atoms with Gasteiger partial charge in [0.2, 0.25) is 0 Å². The van der Waals surface area contributed by atoms with Crippen molar-refractivity contribution in [3.63, 3.8) is 0 Å². The molecule has 7 nitrogen and oxygen atoms in total. The first-order chi connectivity index (χ1) is 19.5. The van der Waals surface area contributed by atoms with Crippen LogP contribution in [-0.4, -0.2) is 42.9 Å². The standard InChI is InChI=1S/C31H24ClN3O4S/c32-25-19-23(11-12-26(25)34-13-15-35(16-14-34)30(37)28-6-3-17-40-28)33-29(36)21-9-7-20(8-10-21)24-18-22-4-1-2-5-27(22)39-31(24)38/h1-12,17-19H,13-16H2,(H,33,36). The lowest BCUT2D eigenvalue weighted by atomic mass is 10.0. The molecule has 3 heterocycles. The topological polar surface area (TPSA) is 82.9 Å². The third-order valence-corrected chi connectivity index (χ3v) is 8.11. The van der Waals surface area contributed by atoms with Gasteiger partial charge in [0.1, 0.15) is 5.58 Å². The summed E-state index contributed by atoms with van der Waals surface area (Å²) in [7, 11) is 0. The summed E-state index contributed by atoms with van der Waals surface area (Å²) in [6.07, 6.45) is 0. The molecule has 0 radical (unpaired) electrons.